The van der Waals surface area contributed by atoms with Gasteiger partial charge in [-0.25, -0.2) is 4.98 Å². The molecule has 2 rings (SSSR count). The Morgan fingerprint density at radius 2 is 2.13 bits per heavy atom. The summed E-state index contributed by atoms with van der Waals surface area (Å²) < 4.78 is 5.33. The van der Waals surface area contributed by atoms with E-state index in [2.05, 4.69) is 9.88 Å². The highest BCUT2D eigenvalue weighted by molar-refractivity contribution is 6.30. The van der Waals surface area contributed by atoms with Crippen molar-refractivity contribution in [1.82, 2.24) is 4.98 Å². The van der Waals surface area contributed by atoms with Crippen molar-refractivity contribution in [2.75, 3.05) is 25.1 Å². The van der Waals surface area contributed by atoms with Crippen LogP contribution in [0.5, 0.6) is 0 Å². The van der Waals surface area contributed by atoms with Gasteiger partial charge in [-0.15, -0.1) is 0 Å². The van der Waals surface area contributed by atoms with Gasteiger partial charge in [0, 0.05) is 26.4 Å². The first kappa shape index (κ1) is 10.7. The Hall–Kier alpha value is -0.800. The topological polar surface area (TPSA) is 25.4 Å². The third-order valence-corrected chi connectivity index (χ3v) is 3.03. The van der Waals surface area contributed by atoms with E-state index >= 15 is 0 Å². The van der Waals surface area contributed by atoms with E-state index < -0.39 is 0 Å². The molecule has 1 fully saturated rings. The molecule has 15 heavy (non-hydrogen) atoms. The van der Waals surface area contributed by atoms with Gasteiger partial charge in [0.25, 0.3) is 0 Å². The van der Waals surface area contributed by atoms with Crippen molar-refractivity contribution in [2.24, 2.45) is 0 Å². The number of aromatic nitrogens is 1. The zero-order chi connectivity index (χ0) is 10.7. The summed E-state index contributed by atoms with van der Waals surface area (Å²) in [6, 6.07) is 3.85. The van der Waals surface area contributed by atoms with Crippen LogP contribution in [0.3, 0.4) is 0 Å². The van der Waals surface area contributed by atoms with Gasteiger partial charge in [0.15, 0.2) is 0 Å². The Balaban J connectivity index is 1.98. The standard InChI is InChI=1S/C11H15ClN2O/c1-15-10-4-6-14(7-5-10)11-3-2-9(12)8-13-11/h2-3,8,10H,4-7H2,1H3. The Labute approximate surface area is 95.0 Å². The van der Waals surface area contributed by atoms with Crippen molar-refractivity contribution in [3.63, 3.8) is 0 Å². The van der Waals surface area contributed by atoms with E-state index in [0.29, 0.717) is 11.1 Å². The molecule has 0 spiro atoms. The Morgan fingerprint density at radius 1 is 1.40 bits per heavy atom. The smallest absolute Gasteiger partial charge is 0.128 e. The van der Waals surface area contributed by atoms with Gasteiger partial charge in [0.2, 0.25) is 0 Å². The van der Waals surface area contributed by atoms with Gasteiger partial charge >= 0.3 is 0 Å². The molecule has 4 heteroatoms. The molecule has 0 aromatic carbocycles. The SMILES string of the molecule is COC1CCN(c2ccc(Cl)cn2)CC1. The summed E-state index contributed by atoms with van der Waals surface area (Å²) in [5, 5.41) is 0.686. The van der Waals surface area contributed by atoms with Crippen molar-refractivity contribution in [3.8, 4) is 0 Å². The van der Waals surface area contributed by atoms with E-state index in [1.165, 1.54) is 0 Å². The lowest BCUT2D eigenvalue weighted by Gasteiger charge is -2.31. The van der Waals surface area contributed by atoms with Crippen LogP contribution in [-0.4, -0.2) is 31.3 Å². The van der Waals surface area contributed by atoms with Crippen LogP contribution in [0.25, 0.3) is 0 Å². The molecule has 0 N–H and O–H groups in total. The van der Waals surface area contributed by atoms with E-state index in [0.717, 1.165) is 31.7 Å². The van der Waals surface area contributed by atoms with Gasteiger partial charge < -0.3 is 9.64 Å². The lowest BCUT2D eigenvalue weighted by Crippen LogP contribution is -2.37. The first-order chi connectivity index (χ1) is 7.29. The minimum absolute atomic E-state index is 0.411. The number of rotatable bonds is 2. The van der Waals surface area contributed by atoms with Crippen LogP contribution in [0.4, 0.5) is 5.82 Å². The molecule has 82 valence electrons. The number of piperidine rings is 1. The molecule has 0 atom stereocenters. The first-order valence-electron chi connectivity index (χ1n) is 5.19. The molecule has 0 amide bonds. The van der Waals surface area contributed by atoms with Crippen molar-refractivity contribution < 1.29 is 4.74 Å². The summed E-state index contributed by atoms with van der Waals surface area (Å²) in [7, 11) is 1.78. The first-order valence-corrected chi connectivity index (χ1v) is 5.56. The van der Waals surface area contributed by atoms with Crippen molar-refractivity contribution in [2.45, 2.75) is 18.9 Å². The fraction of sp³-hybridized carbons (Fsp3) is 0.545. The maximum atomic E-state index is 5.80. The second kappa shape index (κ2) is 4.81. The average Bonchev–Trinajstić information content (AvgIpc) is 2.30. The summed E-state index contributed by atoms with van der Waals surface area (Å²) >= 11 is 5.80. The van der Waals surface area contributed by atoms with E-state index in [1.807, 2.05) is 12.1 Å². The van der Waals surface area contributed by atoms with Gasteiger partial charge in [0.1, 0.15) is 5.82 Å². The molecule has 2 heterocycles. The number of methoxy groups -OCH3 is 1. The van der Waals surface area contributed by atoms with Crippen LogP contribution in [0, 0.1) is 0 Å². The Kier molecular flexibility index (Phi) is 3.44. The number of hydrogen-bond donors (Lipinski definition) is 0. The fourth-order valence-electron chi connectivity index (χ4n) is 1.88. The van der Waals surface area contributed by atoms with Gasteiger partial charge in [-0.05, 0) is 25.0 Å². The van der Waals surface area contributed by atoms with Crippen LogP contribution in [0.15, 0.2) is 18.3 Å². The molecule has 0 radical (unpaired) electrons. The lowest BCUT2D eigenvalue weighted by molar-refractivity contribution is 0.0818. The highest BCUT2D eigenvalue weighted by atomic mass is 35.5. The zero-order valence-corrected chi connectivity index (χ0v) is 9.57. The Bertz CT molecular complexity index is 307. The monoisotopic (exact) mass is 226 g/mol. The number of anilines is 1. The van der Waals surface area contributed by atoms with Crippen molar-refractivity contribution >= 4 is 17.4 Å². The second-order valence-electron chi connectivity index (χ2n) is 3.76. The summed E-state index contributed by atoms with van der Waals surface area (Å²) in [6.07, 6.45) is 4.24. The maximum Gasteiger partial charge on any atom is 0.128 e. The summed E-state index contributed by atoms with van der Waals surface area (Å²) in [5.41, 5.74) is 0. The molecule has 1 aliphatic heterocycles. The van der Waals surface area contributed by atoms with Gasteiger partial charge in [-0.2, -0.15) is 0 Å². The average molecular weight is 227 g/mol. The normalized spacial score (nSPS) is 18.1. The lowest BCUT2D eigenvalue weighted by atomic mass is 10.1. The predicted octanol–water partition coefficient (Wildman–Crippen LogP) is 2.35. The zero-order valence-electron chi connectivity index (χ0n) is 8.82. The quantitative estimate of drug-likeness (QED) is 0.774. The molecular formula is C11H15ClN2O. The molecule has 1 aromatic rings. The number of halogens is 1. The summed E-state index contributed by atoms with van der Waals surface area (Å²) in [4.78, 5) is 6.58. The molecule has 1 aliphatic rings. The number of hydrogen-bond acceptors (Lipinski definition) is 3. The third kappa shape index (κ3) is 2.61. The van der Waals surface area contributed by atoms with Crippen LogP contribution in [0.1, 0.15) is 12.8 Å². The highest BCUT2D eigenvalue weighted by Crippen LogP contribution is 2.20. The van der Waals surface area contributed by atoms with Gasteiger partial charge in [-0.1, -0.05) is 11.6 Å². The largest absolute Gasteiger partial charge is 0.381 e. The highest BCUT2D eigenvalue weighted by Gasteiger charge is 2.19. The molecular weight excluding hydrogens is 212 g/mol. The molecule has 1 saturated heterocycles. The van der Waals surface area contributed by atoms with Crippen LogP contribution in [0.2, 0.25) is 5.02 Å². The van der Waals surface area contributed by atoms with E-state index in [1.54, 1.807) is 13.3 Å². The second-order valence-corrected chi connectivity index (χ2v) is 4.19. The summed E-state index contributed by atoms with van der Waals surface area (Å²) in [5.74, 6) is 1.01. The molecule has 1 aromatic heterocycles. The van der Waals surface area contributed by atoms with E-state index in [-0.39, 0.29) is 0 Å². The molecule has 0 aliphatic carbocycles. The van der Waals surface area contributed by atoms with E-state index in [9.17, 15) is 0 Å². The number of ether oxygens (including phenoxy) is 1. The molecule has 3 nitrogen and oxygen atoms in total. The van der Waals surface area contributed by atoms with E-state index in [4.69, 9.17) is 16.3 Å². The maximum absolute atomic E-state index is 5.80. The minimum Gasteiger partial charge on any atom is -0.381 e. The Morgan fingerprint density at radius 3 is 2.67 bits per heavy atom. The van der Waals surface area contributed by atoms with Gasteiger partial charge in [0.05, 0.1) is 11.1 Å². The van der Waals surface area contributed by atoms with Gasteiger partial charge in [-0.3, -0.25) is 0 Å². The summed E-state index contributed by atoms with van der Waals surface area (Å²) in [6.45, 7) is 2.01. The van der Waals surface area contributed by atoms with Crippen LogP contribution >= 0.6 is 11.6 Å². The number of pyridine rings is 1. The minimum atomic E-state index is 0.411. The third-order valence-electron chi connectivity index (χ3n) is 2.81. The van der Waals surface area contributed by atoms with Crippen molar-refractivity contribution in [3.05, 3.63) is 23.4 Å². The number of nitrogens with zero attached hydrogens (tertiary/aromatic N) is 2. The molecule has 0 bridgehead atoms. The van der Waals surface area contributed by atoms with Crippen LogP contribution < -0.4 is 4.90 Å². The predicted molar refractivity (Wildman–Crippen MR) is 61.5 cm³/mol. The van der Waals surface area contributed by atoms with Crippen LogP contribution in [-0.2, 0) is 4.74 Å². The molecule has 0 saturated carbocycles. The van der Waals surface area contributed by atoms with Crippen molar-refractivity contribution in [1.29, 1.82) is 0 Å². The fourth-order valence-corrected chi connectivity index (χ4v) is 1.99. The molecule has 0 unspecified atom stereocenters.